The van der Waals surface area contributed by atoms with Crippen molar-refractivity contribution in [2.24, 2.45) is 5.73 Å². The maximum Gasteiger partial charge on any atom is 0.341 e. The van der Waals surface area contributed by atoms with E-state index in [0.29, 0.717) is 17.7 Å². The quantitative estimate of drug-likeness (QED) is 0.543. The van der Waals surface area contributed by atoms with E-state index in [4.69, 9.17) is 19.9 Å². The van der Waals surface area contributed by atoms with Crippen LogP contribution in [0.25, 0.3) is 0 Å². The molecule has 0 unspecified atom stereocenters. The number of rotatable bonds is 6. The van der Waals surface area contributed by atoms with Crippen molar-refractivity contribution in [2.45, 2.75) is 52.1 Å². The van der Waals surface area contributed by atoms with Crippen LogP contribution >= 0.6 is 0 Å². The maximum atomic E-state index is 13.4. The highest BCUT2D eigenvalue weighted by Gasteiger charge is 2.61. The Labute approximate surface area is 175 Å². The molecule has 0 bridgehead atoms. The third-order valence-corrected chi connectivity index (χ3v) is 5.01. The van der Waals surface area contributed by atoms with Gasteiger partial charge in [0.25, 0.3) is 0 Å². The lowest BCUT2D eigenvalue weighted by molar-refractivity contribution is -0.145. The SMILES string of the molecule is CCCCOC(=O)C1=C(N)OC(C)=C(C(=O)OC(C)C)[C@@]12C(=O)Nc1ccccc12. The largest absolute Gasteiger partial charge is 0.462 e. The summed E-state index contributed by atoms with van der Waals surface area (Å²) in [6.07, 6.45) is 1.02. The van der Waals surface area contributed by atoms with Crippen LogP contribution in [0.4, 0.5) is 5.69 Å². The molecule has 160 valence electrons. The van der Waals surface area contributed by atoms with E-state index in [2.05, 4.69) is 5.32 Å². The Hall–Kier alpha value is -3.29. The number of esters is 2. The van der Waals surface area contributed by atoms with Crippen molar-refractivity contribution < 1.29 is 28.6 Å². The molecule has 3 N–H and O–H groups in total. The number of benzene rings is 1. The predicted octanol–water partition coefficient (Wildman–Crippen LogP) is 2.65. The highest BCUT2D eigenvalue weighted by Crippen LogP contribution is 2.52. The van der Waals surface area contributed by atoms with Crippen molar-refractivity contribution in [1.29, 1.82) is 0 Å². The molecule has 8 nitrogen and oxygen atoms in total. The molecule has 2 heterocycles. The number of amides is 1. The number of unbranched alkanes of at least 4 members (excludes halogenated alkanes) is 1. The Kier molecular flexibility index (Phi) is 5.87. The fourth-order valence-corrected chi connectivity index (χ4v) is 3.80. The summed E-state index contributed by atoms with van der Waals surface area (Å²) in [7, 11) is 0. The summed E-state index contributed by atoms with van der Waals surface area (Å²) in [5, 5.41) is 2.76. The molecule has 0 fully saturated rings. The molecule has 8 heteroatoms. The van der Waals surface area contributed by atoms with Gasteiger partial charge in [0, 0.05) is 11.3 Å². The highest BCUT2D eigenvalue weighted by atomic mass is 16.6. The van der Waals surface area contributed by atoms with Gasteiger partial charge in [0.1, 0.15) is 22.3 Å². The zero-order chi connectivity index (χ0) is 22.1. The van der Waals surface area contributed by atoms with Gasteiger partial charge in [-0.2, -0.15) is 0 Å². The molecule has 30 heavy (non-hydrogen) atoms. The second-order valence-corrected chi connectivity index (χ2v) is 7.47. The molecule has 2 aliphatic rings. The van der Waals surface area contributed by atoms with Crippen LogP contribution in [0, 0.1) is 0 Å². The highest BCUT2D eigenvalue weighted by molar-refractivity contribution is 6.21. The van der Waals surface area contributed by atoms with Crippen molar-refractivity contribution in [3.8, 4) is 0 Å². The second kappa shape index (κ2) is 8.22. The molecule has 1 aromatic rings. The van der Waals surface area contributed by atoms with Gasteiger partial charge in [-0.3, -0.25) is 4.79 Å². The number of fused-ring (bicyclic) bond motifs is 2. The zero-order valence-corrected chi connectivity index (χ0v) is 17.5. The normalized spacial score (nSPS) is 20.2. The summed E-state index contributed by atoms with van der Waals surface area (Å²) < 4.78 is 16.3. The van der Waals surface area contributed by atoms with Crippen LogP contribution in [0.1, 0.15) is 46.1 Å². The number of allylic oxidation sites excluding steroid dienone is 1. The van der Waals surface area contributed by atoms with E-state index in [1.54, 1.807) is 38.1 Å². The lowest BCUT2D eigenvalue weighted by atomic mass is 9.67. The Morgan fingerprint density at radius 2 is 1.90 bits per heavy atom. The first-order chi connectivity index (χ1) is 14.2. The number of ether oxygens (including phenoxy) is 3. The summed E-state index contributed by atoms with van der Waals surface area (Å²) in [6.45, 7) is 7.01. The van der Waals surface area contributed by atoms with E-state index in [1.807, 2.05) is 6.92 Å². The molecule has 0 radical (unpaired) electrons. The maximum absolute atomic E-state index is 13.4. The van der Waals surface area contributed by atoms with Crippen molar-refractivity contribution in [3.63, 3.8) is 0 Å². The molecule has 0 aliphatic carbocycles. The van der Waals surface area contributed by atoms with Crippen LogP contribution in [0.15, 0.2) is 47.1 Å². The first-order valence-electron chi connectivity index (χ1n) is 9.93. The van der Waals surface area contributed by atoms with E-state index in [9.17, 15) is 14.4 Å². The van der Waals surface area contributed by atoms with Gasteiger partial charge >= 0.3 is 11.9 Å². The Morgan fingerprint density at radius 3 is 2.57 bits per heavy atom. The number of para-hydroxylation sites is 1. The number of carbonyl (C=O) groups is 3. The molecule has 1 aromatic carbocycles. The summed E-state index contributed by atoms with van der Waals surface area (Å²) in [6, 6.07) is 6.81. The van der Waals surface area contributed by atoms with E-state index >= 15 is 0 Å². The number of nitrogens with two attached hydrogens (primary N) is 1. The van der Waals surface area contributed by atoms with Gasteiger partial charge in [-0.1, -0.05) is 31.5 Å². The minimum atomic E-state index is -1.82. The van der Waals surface area contributed by atoms with Gasteiger partial charge in [0.15, 0.2) is 0 Å². The first kappa shape index (κ1) is 21.4. The average Bonchev–Trinajstić information content (AvgIpc) is 2.93. The van der Waals surface area contributed by atoms with Gasteiger partial charge in [-0.15, -0.1) is 0 Å². The third kappa shape index (κ3) is 3.32. The molecular weight excluding hydrogens is 388 g/mol. The van der Waals surface area contributed by atoms with Gasteiger partial charge < -0.3 is 25.3 Å². The monoisotopic (exact) mass is 414 g/mol. The van der Waals surface area contributed by atoms with Gasteiger partial charge in [-0.25, -0.2) is 9.59 Å². The van der Waals surface area contributed by atoms with Crippen molar-refractivity contribution in [3.05, 3.63) is 52.6 Å². The summed E-state index contributed by atoms with van der Waals surface area (Å²) in [5.74, 6) is -2.35. The van der Waals surface area contributed by atoms with Crippen LogP contribution in [-0.4, -0.2) is 30.6 Å². The summed E-state index contributed by atoms with van der Waals surface area (Å²) in [5.41, 5.74) is 4.86. The van der Waals surface area contributed by atoms with Crippen LogP contribution in [0.5, 0.6) is 0 Å². The van der Waals surface area contributed by atoms with E-state index in [-0.39, 0.29) is 29.4 Å². The topological polar surface area (TPSA) is 117 Å². The lowest BCUT2D eigenvalue weighted by Gasteiger charge is -2.35. The standard InChI is InChI=1S/C22H26N2O6/c1-5-6-11-28-19(25)17-18(23)30-13(4)16(20(26)29-12(2)3)22(17)14-9-7-8-10-15(14)24-21(22)27/h7-10,12H,5-6,11,23H2,1-4H3,(H,24,27)/t22-/m1/s1. The van der Waals surface area contributed by atoms with Crippen molar-refractivity contribution in [2.75, 3.05) is 11.9 Å². The van der Waals surface area contributed by atoms with Crippen LogP contribution < -0.4 is 11.1 Å². The summed E-state index contributed by atoms with van der Waals surface area (Å²) >= 11 is 0. The number of hydrogen-bond acceptors (Lipinski definition) is 7. The van der Waals surface area contributed by atoms with Crippen LogP contribution in [-0.2, 0) is 34.0 Å². The Morgan fingerprint density at radius 1 is 1.20 bits per heavy atom. The predicted molar refractivity (Wildman–Crippen MR) is 109 cm³/mol. The number of carbonyl (C=O) groups excluding carboxylic acids is 3. The number of nitrogens with one attached hydrogen (secondary N) is 1. The molecule has 1 atom stereocenters. The molecule has 3 rings (SSSR count). The van der Waals surface area contributed by atoms with E-state index in [1.165, 1.54) is 6.92 Å². The molecule has 1 amide bonds. The van der Waals surface area contributed by atoms with Crippen molar-refractivity contribution >= 4 is 23.5 Å². The van der Waals surface area contributed by atoms with Crippen molar-refractivity contribution in [1.82, 2.24) is 0 Å². The molecular formula is C22H26N2O6. The molecule has 0 aromatic heterocycles. The number of hydrogen-bond donors (Lipinski definition) is 2. The Balaban J connectivity index is 2.25. The minimum Gasteiger partial charge on any atom is -0.462 e. The number of anilines is 1. The van der Waals surface area contributed by atoms with E-state index < -0.39 is 29.4 Å². The third-order valence-electron chi connectivity index (χ3n) is 5.01. The van der Waals surface area contributed by atoms with Gasteiger partial charge in [0.2, 0.25) is 11.8 Å². The molecule has 2 aliphatic heterocycles. The summed E-state index contributed by atoms with van der Waals surface area (Å²) in [4.78, 5) is 39.7. The smallest absolute Gasteiger partial charge is 0.341 e. The molecule has 0 saturated heterocycles. The molecule has 1 spiro atoms. The Bertz CT molecular complexity index is 962. The lowest BCUT2D eigenvalue weighted by Crippen LogP contribution is -2.48. The minimum absolute atomic E-state index is 0.0877. The van der Waals surface area contributed by atoms with Gasteiger partial charge in [-0.05, 0) is 33.3 Å². The fourth-order valence-electron chi connectivity index (χ4n) is 3.80. The molecule has 0 saturated carbocycles. The fraction of sp³-hybridized carbons (Fsp3) is 0.409. The van der Waals surface area contributed by atoms with Gasteiger partial charge in [0.05, 0.1) is 12.7 Å². The zero-order valence-electron chi connectivity index (χ0n) is 17.5. The first-order valence-corrected chi connectivity index (χ1v) is 9.93. The van der Waals surface area contributed by atoms with E-state index in [0.717, 1.165) is 6.42 Å². The van der Waals surface area contributed by atoms with Crippen LogP contribution in [0.3, 0.4) is 0 Å². The second-order valence-electron chi connectivity index (χ2n) is 7.47. The van der Waals surface area contributed by atoms with Crippen LogP contribution in [0.2, 0.25) is 0 Å². The average molecular weight is 414 g/mol.